The van der Waals surface area contributed by atoms with Crippen molar-refractivity contribution in [3.8, 4) is 5.75 Å². The minimum Gasteiger partial charge on any atom is -0.494 e. The number of hydrogen-bond donors (Lipinski definition) is 0. The van der Waals surface area contributed by atoms with E-state index in [9.17, 15) is 4.39 Å². The molecule has 17 heavy (non-hydrogen) atoms. The second-order valence-corrected chi connectivity index (χ2v) is 3.79. The van der Waals surface area contributed by atoms with Crippen LogP contribution in [-0.4, -0.2) is 7.11 Å². The van der Waals surface area contributed by atoms with Crippen LogP contribution in [0.4, 0.5) is 4.39 Å². The van der Waals surface area contributed by atoms with E-state index in [2.05, 4.69) is 19.1 Å². The molecule has 2 heteroatoms. The van der Waals surface area contributed by atoms with Gasteiger partial charge in [0.05, 0.1) is 7.11 Å². The van der Waals surface area contributed by atoms with E-state index in [1.54, 1.807) is 6.07 Å². The molecule has 0 unspecified atom stereocenters. The lowest BCUT2D eigenvalue weighted by Crippen LogP contribution is -1.87. The summed E-state index contributed by atoms with van der Waals surface area (Å²) in [5.74, 6) is -0.00639. The van der Waals surface area contributed by atoms with Gasteiger partial charge in [-0.1, -0.05) is 42.0 Å². The molecule has 2 aromatic carbocycles. The highest BCUT2D eigenvalue weighted by Crippen LogP contribution is 2.16. The maximum absolute atomic E-state index is 12.7. The summed E-state index contributed by atoms with van der Waals surface area (Å²) in [4.78, 5) is 0. The van der Waals surface area contributed by atoms with Crippen LogP contribution in [0.1, 0.15) is 11.1 Å². The summed E-state index contributed by atoms with van der Waals surface area (Å²) in [6.07, 6.45) is 0. The van der Waals surface area contributed by atoms with E-state index in [1.165, 1.54) is 18.7 Å². The lowest BCUT2D eigenvalue weighted by molar-refractivity contribution is 0.386. The van der Waals surface area contributed by atoms with Crippen LogP contribution in [0.15, 0.2) is 48.5 Å². The fourth-order valence-corrected chi connectivity index (χ4v) is 1.31. The van der Waals surface area contributed by atoms with Gasteiger partial charge in [0.25, 0.3) is 0 Å². The summed E-state index contributed by atoms with van der Waals surface area (Å²) < 4.78 is 17.5. The molecule has 0 amide bonds. The normalized spacial score (nSPS) is 9.18. The first-order valence-electron chi connectivity index (χ1n) is 5.45. The topological polar surface area (TPSA) is 9.23 Å². The van der Waals surface area contributed by atoms with Gasteiger partial charge < -0.3 is 4.74 Å². The van der Waals surface area contributed by atoms with E-state index in [0.29, 0.717) is 5.75 Å². The van der Waals surface area contributed by atoms with Crippen LogP contribution >= 0.6 is 0 Å². The number of ether oxygens (including phenoxy) is 1. The van der Waals surface area contributed by atoms with Gasteiger partial charge in [-0.05, 0) is 31.5 Å². The Morgan fingerprint density at radius 1 is 0.882 bits per heavy atom. The molecule has 0 radical (unpaired) electrons. The highest BCUT2D eigenvalue weighted by molar-refractivity contribution is 5.28. The van der Waals surface area contributed by atoms with Crippen molar-refractivity contribution in [2.24, 2.45) is 0 Å². The Labute approximate surface area is 102 Å². The average molecular weight is 232 g/mol. The van der Waals surface area contributed by atoms with Crippen molar-refractivity contribution < 1.29 is 9.13 Å². The van der Waals surface area contributed by atoms with E-state index >= 15 is 0 Å². The third-order valence-corrected chi connectivity index (χ3v) is 2.25. The highest BCUT2D eigenvalue weighted by Gasteiger charge is 1.99. The third-order valence-electron chi connectivity index (χ3n) is 2.25. The molecule has 2 rings (SSSR count). The fourth-order valence-electron chi connectivity index (χ4n) is 1.31. The minimum atomic E-state index is -0.303. The molecule has 0 fully saturated rings. The lowest BCUT2D eigenvalue weighted by Gasteiger charge is -2.00. The van der Waals surface area contributed by atoms with Crippen molar-refractivity contribution in [3.05, 3.63) is 65.5 Å². The van der Waals surface area contributed by atoms with E-state index in [1.807, 2.05) is 31.2 Å². The molecule has 90 valence electrons. The molecule has 0 heterocycles. The Hall–Kier alpha value is -1.83. The Morgan fingerprint density at radius 3 is 1.94 bits per heavy atom. The zero-order valence-corrected chi connectivity index (χ0v) is 10.4. The molecule has 0 aliphatic carbocycles. The summed E-state index contributed by atoms with van der Waals surface area (Å²) in [6.45, 7) is 3.92. The largest absolute Gasteiger partial charge is 0.494 e. The minimum absolute atomic E-state index is 0.297. The van der Waals surface area contributed by atoms with Crippen molar-refractivity contribution in [2.45, 2.75) is 13.8 Å². The SMILES string of the molecule is COc1ccc(C)cc1F.Cc1ccccc1. The molecule has 0 spiro atoms. The standard InChI is InChI=1S/C8H9FO.C7H8/c1-6-3-4-8(10-2)7(9)5-6;1-7-5-3-2-4-6-7/h3-5H,1-2H3;2-6H,1H3. The molecular formula is C15H17FO. The number of hydrogen-bond acceptors (Lipinski definition) is 1. The van der Waals surface area contributed by atoms with Gasteiger partial charge in [0.2, 0.25) is 0 Å². The summed E-state index contributed by atoms with van der Waals surface area (Å²) >= 11 is 0. The van der Waals surface area contributed by atoms with Crippen molar-refractivity contribution in [1.29, 1.82) is 0 Å². The molecule has 0 N–H and O–H groups in total. The summed E-state index contributed by atoms with van der Waals surface area (Å²) in [7, 11) is 1.45. The zero-order chi connectivity index (χ0) is 12.7. The van der Waals surface area contributed by atoms with Crippen molar-refractivity contribution in [2.75, 3.05) is 7.11 Å². The van der Waals surface area contributed by atoms with Crippen LogP contribution in [0.25, 0.3) is 0 Å². The van der Waals surface area contributed by atoms with Gasteiger partial charge >= 0.3 is 0 Å². The Balaban J connectivity index is 0.000000181. The van der Waals surface area contributed by atoms with Gasteiger partial charge in [0.15, 0.2) is 11.6 Å². The van der Waals surface area contributed by atoms with E-state index in [4.69, 9.17) is 4.74 Å². The molecule has 0 aliphatic heterocycles. The number of methoxy groups -OCH3 is 1. The third kappa shape index (κ3) is 4.68. The Bertz CT molecular complexity index is 452. The first kappa shape index (κ1) is 13.2. The quantitative estimate of drug-likeness (QED) is 0.718. The number of benzene rings is 2. The number of rotatable bonds is 1. The number of aryl methyl sites for hydroxylation is 2. The maximum Gasteiger partial charge on any atom is 0.165 e. The van der Waals surface area contributed by atoms with Crippen molar-refractivity contribution in [1.82, 2.24) is 0 Å². The van der Waals surface area contributed by atoms with Gasteiger partial charge in [-0.2, -0.15) is 0 Å². The maximum atomic E-state index is 12.7. The fraction of sp³-hybridized carbons (Fsp3) is 0.200. The van der Waals surface area contributed by atoms with Crippen LogP contribution in [0, 0.1) is 19.7 Å². The molecule has 0 atom stereocenters. The second-order valence-electron chi connectivity index (χ2n) is 3.79. The molecule has 0 bridgehead atoms. The van der Waals surface area contributed by atoms with Crippen LogP contribution in [-0.2, 0) is 0 Å². The smallest absolute Gasteiger partial charge is 0.165 e. The zero-order valence-electron chi connectivity index (χ0n) is 10.4. The predicted molar refractivity (Wildman–Crippen MR) is 68.9 cm³/mol. The van der Waals surface area contributed by atoms with Gasteiger partial charge in [0.1, 0.15) is 0 Å². The second kappa shape index (κ2) is 6.69. The Kier molecular flexibility index (Phi) is 5.21. The van der Waals surface area contributed by atoms with Crippen LogP contribution in [0.2, 0.25) is 0 Å². The lowest BCUT2D eigenvalue weighted by atomic mass is 10.2. The predicted octanol–water partition coefficient (Wildman–Crippen LogP) is 4.14. The van der Waals surface area contributed by atoms with Gasteiger partial charge in [-0.15, -0.1) is 0 Å². The average Bonchev–Trinajstić information content (AvgIpc) is 2.31. The van der Waals surface area contributed by atoms with Gasteiger partial charge in [-0.25, -0.2) is 4.39 Å². The molecule has 0 aromatic heterocycles. The van der Waals surface area contributed by atoms with Gasteiger partial charge in [-0.3, -0.25) is 0 Å². The Morgan fingerprint density at radius 2 is 1.53 bits per heavy atom. The van der Waals surface area contributed by atoms with E-state index in [0.717, 1.165) is 5.56 Å². The van der Waals surface area contributed by atoms with Crippen molar-refractivity contribution >= 4 is 0 Å². The first-order chi connectivity index (χ1) is 8.13. The first-order valence-corrected chi connectivity index (χ1v) is 5.45. The molecule has 0 saturated carbocycles. The molecule has 0 aliphatic rings. The molecule has 2 aromatic rings. The van der Waals surface area contributed by atoms with Crippen LogP contribution < -0.4 is 4.74 Å². The molecule has 1 nitrogen and oxygen atoms in total. The van der Waals surface area contributed by atoms with E-state index in [-0.39, 0.29) is 5.82 Å². The van der Waals surface area contributed by atoms with Crippen LogP contribution in [0.5, 0.6) is 5.75 Å². The van der Waals surface area contributed by atoms with Gasteiger partial charge in [0, 0.05) is 0 Å². The van der Waals surface area contributed by atoms with Crippen molar-refractivity contribution in [3.63, 3.8) is 0 Å². The summed E-state index contributed by atoms with van der Waals surface area (Å²) in [6, 6.07) is 15.1. The van der Waals surface area contributed by atoms with E-state index < -0.39 is 0 Å². The van der Waals surface area contributed by atoms with Crippen LogP contribution in [0.3, 0.4) is 0 Å². The summed E-state index contributed by atoms with van der Waals surface area (Å²) in [5, 5.41) is 0. The molecular weight excluding hydrogens is 215 g/mol. The monoisotopic (exact) mass is 232 g/mol. The molecule has 0 saturated heterocycles. The summed E-state index contributed by atoms with van der Waals surface area (Å²) in [5.41, 5.74) is 2.22. The highest BCUT2D eigenvalue weighted by atomic mass is 19.1. The number of halogens is 1.